The summed E-state index contributed by atoms with van der Waals surface area (Å²) >= 11 is 5.40. The molecule has 0 atom stereocenters. The third-order valence-corrected chi connectivity index (χ3v) is 5.89. The van der Waals surface area contributed by atoms with E-state index in [0.29, 0.717) is 0 Å². The van der Waals surface area contributed by atoms with Crippen LogP contribution in [0.4, 0.5) is 11.4 Å². The SMILES string of the molecule is Cc1c(C)c(C)c(N([As])c2ccccc2)c([As])c1C. The van der Waals surface area contributed by atoms with E-state index in [1.54, 1.807) is 0 Å². The molecule has 0 aliphatic heterocycles. The second-order valence-electron chi connectivity index (χ2n) is 4.84. The Morgan fingerprint density at radius 3 is 1.89 bits per heavy atom. The molecule has 0 N–H and O–H groups in total. The van der Waals surface area contributed by atoms with Gasteiger partial charge in [-0.2, -0.15) is 0 Å². The summed E-state index contributed by atoms with van der Waals surface area (Å²) in [7, 11) is 0. The number of hydrogen-bond donors (Lipinski definition) is 0. The van der Waals surface area contributed by atoms with E-state index in [1.807, 2.05) is 6.07 Å². The average molecular weight is 373 g/mol. The van der Waals surface area contributed by atoms with Gasteiger partial charge in [0.15, 0.2) is 0 Å². The van der Waals surface area contributed by atoms with Gasteiger partial charge in [-0.05, 0) is 0 Å². The van der Waals surface area contributed by atoms with Crippen LogP contribution in [0.25, 0.3) is 0 Å². The predicted octanol–water partition coefficient (Wildman–Crippen LogP) is 2.94. The van der Waals surface area contributed by atoms with Gasteiger partial charge >= 0.3 is 134 Å². The number of anilines is 2. The van der Waals surface area contributed by atoms with Crippen LogP contribution >= 0.6 is 0 Å². The van der Waals surface area contributed by atoms with Gasteiger partial charge in [0, 0.05) is 0 Å². The van der Waals surface area contributed by atoms with Crippen LogP contribution in [0.3, 0.4) is 0 Å². The first-order valence-electron chi connectivity index (χ1n) is 6.28. The Balaban J connectivity index is 2.64. The predicted molar refractivity (Wildman–Crippen MR) is 85.1 cm³/mol. The van der Waals surface area contributed by atoms with Crippen molar-refractivity contribution in [2.75, 3.05) is 3.82 Å². The van der Waals surface area contributed by atoms with E-state index in [1.165, 1.54) is 38.0 Å². The van der Waals surface area contributed by atoms with E-state index in [0.717, 1.165) is 0 Å². The average Bonchev–Trinajstić information content (AvgIpc) is 2.44. The first-order valence-corrected chi connectivity index (χ1v) is 8.06. The van der Waals surface area contributed by atoms with E-state index < -0.39 is 0 Å². The number of rotatable bonds is 2. The van der Waals surface area contributed by atoms with E-state index >= 15 is 0 Å². The van der Waals surface area contributed by atoms with Crippen molar-refractivity contribution in [3.05, 3.63) is 52.6 Å². The van der Waals surface area contributed by atoms with Crippen LogP contribution in [0.5, 0.6) is 0 Å². The monoisotopic (exact) mass is 373 g/mol. The molecule has 3 heteroatoms. The fourth-order valence-electron chi connectivity index (χ4n) is 2.23. The molecule has 4 radical (unpaired) electrons. The van der Waals surface area contributed by atoms with Crippen molar-refractivity contribution in [2.45, 2.75) is 27.7 Å². The van der Waals surface area contributed by atoms with Crippen molar-refractivity contribution in [3.8, 4) is 0 Å². The molecule has 0 spiro atoms. The van der Waals surface area contributed by atoms with Gasteiger partial charge in [-0.1, -0.05) is 0 Å². The third kappa shape index (κ3) is 2.64. The summed E-state index contributed by atoms with van der Waals surface area (Å²) in [6.45, 7) is 8.82. The van der Waals surface area contributed by atoms with E-state index in [-0.39, 0.29) is 0 Å². The Bertz CT molecular complexity index is 577. The van der Waals surface area contributed by atoms with E-state index in [4.69, 9.17) is 0 Å². The number of benzene rings is 2. The molecule has 19 heavy (non-hydrogen) atoms. The van der Waals surface area contributed by atoms with Gasteiger partial charge in [0.2, 0.25) is 0 Å². The van der Waals surface area contributed by atoms with Crippen molar-refractivity contribution >= 4 is 49.7 Å². The van der Waals surface area contributed by atoms with Gasteiger partial charge in [-0.25, -0.2) is 0 Å². The minimum atomic E-state index is 1.19. The van der Waals surface area contributed by atoms with Crippen molar-refractivity contribution in [1.82, 2.24) is 0 Å². The molecule has 2 aromatic carbocycles. The summed E-state index contributed by atoms with van der Waals surface area (Å²) in [6, 6.07) is 10.5. The van der Waals surface area contributed by atoms with Gasteiger partial charge in [0.05, 0.1) is 0 Å². The molecule has 0 saturated carbocycles. The molecule has 0 heterocycles. The Kier molecular flexibility index (Phi) is 4.49. The normalized spacial score (nSPS) is 10.6. The number of hydrogen-bond acceptors (Lipinski definition) is 1. The van der Waals surface area contributed by atoms with Crippen LogP contribution in [-0.2, 0) is 0 Å². The van der Waals surface area contributed by atoms with Crippen molar-refractivity contribution < 1.29 is 0 Å². The second-order valence-corrected chi connectivity index (χ2v) is 6.62. The Labute approximate surface area is 133 Å². The standard InChI is InChI=1S/C16H17As2N/c1-10-11(2)13(4)16(15(17)12(10)3)19(18)14-8-6-5-7-9-14/h5-9H,1-4H3. The first-order chi connectivity index (χ1) is 8.95. The summed E-state index contributed by atoms with van der Waals surface area (Å²) in [5, 5.41) is 0. The molecular formula is C16H17As2N. The molecular weight excluding hydrogens is 356 g/mol. The zero-order valence-corrected chi connectivity index (χ0v) is 15.5. The summed E-state index contributed by atoms with van der Waals surface area (Å²) < 4.78 is 3.52. The second kappa shape index (κ2) is 5.78. The maximum absolute atomic E-state index is 2.73. The van der Waals surface area contributed by atoms with E-state index in [2.05, 4.69) is 89.7 Å². The molecule has 0 fully saturated rings. The van der Waals surface area contributed by atoms with Crippen LogP contribution in [0, 0.1) is 27.7 Å². The molecule has 0 unspecified atom stereocenters. The first kappa shape index (κ1) is 14.8. The molecule has 0 amide bonds. The summed E-state index contributed by atoms with van der Waals surface area (Å²) in [4.78, 5) is 0. The zero-order chi connectivity index (χ0) is 14.2. The zero-order valence-electron chi connectivity index (χ0n) is 11.7. The number of para-hydroxylation sites is 1. The minimum absolute atomic E-state index is 1.19. The van der Waals surface area contributed by atoms with Gasteiger partial charge < -0.3 is 0 Å². The van der Waals surface area contributed by atoms with Crippen LogP contribution < -0.4 is 8.17 Å². The molecule has 0 saturated heterocycles. The Morgan fingerprint density at radius 2 is 1.32 bits per heavy atom. The number of nitrogens with zero attached hydrogens (tertiary/aromatic N) is 1. The summed E-state index contributed by atoms with van der Waals surface area (Å²) in [5.41, 5.74) is 7.97. The third-order valence-electron chi connectivity index (χ3n) is 3.83. The van der Waals surface area contributed by atoms with Crippen LogP contribution in [0.15, 0.2) is 30.3 Å². The fourth-order valence-corrected chi connectivity index (χ4v) is 4.32. The van der Waals surface area contributed by atoms with Crippen LogP contribution in [0.1, 0.15) is 22.3 Å². The maximum atomic E-state index is 2.73. The fraction of sp³-hybridized carbons (Fsp3) is 0.250. The molecule has 96 valence electrons. The van der Waals surface area contributed by atoms with Gasteiger partial charge in [0.25, 0.3) is 0 Å². The summed E-state index contributed by atoms with van der Waals surface area (Å²) in [5.74, 6) is 0. The Morgan fingerprint density at radius 1 is 0.789 bits per heavy atom. The topological polar surface area (TPSA) is 3.24 Å². The van der Waals surface area contributed by atoms with Crippen molar-refractivity contribution in [3.63, 3.8) is 0 Å². The quantitative estimate of drug-likeness (QED) is 0.732. The molecule has 2 rings (SSSR count). The molecule has 0 aliphatic carbocycles. The van der Waals surface area contributed by atoms with Gasteiger partial charge in [-0.3, -0.25) is 0 Å². The Hall–Kier alpha value is -0.643. The van der Waals surface area contributed by atoms with Gasteiger partial charge in [-0.15, -0.1) is 0 Å². The van der Waals surface area contributed by atoms with Crippen molar-refractivity contribution in [2.24, 2.45) is 0 Å². The molecule has 0 aliphatic rings. The summed E-state index contributed by atoms with van der Waals surface area (Å²) in [6.07, 6.45) is 0. The molecule has 0 aromatic heterocycles. The van der Waals surface area contributed by atoms with Crippen LogP contribution in [0.2, 0.25) is 0 Å². The van der Waals surface area contributed by atoms with E-state index in [9.17, 15) is 0 Å². The van der Waals surface area contributed by atoms with Gasteiger partial charge in [0.1, 0.15) is 0 Å². The van der Waals surface area contributed by atoms with Crippen LogP contribution in [-0.4, -0.2) is 33.9 Å². The van der Waals surface area contributed by atoms with Crippen molar-refractivity contribution in [1.29, 1.82) is 0 Å². The molecule has 0 bridgehead atoms. The molecule has 2 aromatic rings. The molecule has 1 nitrogen and oxygen atoms in total.